The topological polar surface area (TPSA) is 62.4 Å². The number of methoxy groups -OCH3 is 1. The lowest BCUT2D eigenvalue weighted by Crippen LogP contribution is -2.34. The number of alkyl carbamates (subject to hydrolysis) is 1. The highest BCUT2D eigenvalue weighted by Gasteiger charge is 2.06. The number of benzene rings is 1. The van der Waals surface area contributed by atoms with E-state index < -0.39 is 6.09 Å². The molecular formula is C11H13N3O2S2. The molecule has 0 heterocycles. The number of amides is 1. The Bertz CT molecular complexity index is 477. The molecule has 18 heavy (non-hydrogen) atoms. The van der Waals surface area contributed by atoms with Crippen LogP contribution in [-0.4, -0.2) is 23.3 Å². The van der Waals surface area contributed by atoms with Crippen LogP contribution in [0.4, 0.5) is 16.2 Å². The van der Waals surface area contributed by atoms with Crippen LogP contribution in [0.1, 0.15) is 6.92 Å². The van der Waals surface area contributed by atoms with Crippen molar-refractivity contribution in [2.45, 2.75) is 6.92 Å². The number of thiocarbonyl (C=S) groups is 2. The lowest BCUT2D eigenvalue weighted by molar-refractivity contribution is 0.177. The van der Waals surface area contributed by atoms with E-state index in [4.69, 9.17) is 24.4 Å². The van der Waals surface area contributed by atoms with Crippen LogP contribution in [0.2, 0.25) is 0 Å². The van der Waals surface area contributed by atoms with Crippen molar-refractivity contribution in [3.8, 4) is 0 Å². The summed E-state index contributed by atoms with van der Waals surface area (Å²) in [6.45, 7) is 1.77. The fraction of sp³-hybridized carbons (Fsp3) is 0.182. The van der Waals surface area contributed by atoms with E-state index in [2.05, 4.69) is 20.7 Å². The summed E-state index contributed by atoms with van der Waals surface area (Å²) in [4.78, 5) is 11.6. The molecule has 0 atom stereocenters. The lowest BCUT2D eigenvalue weighted by atomic mass is 10.2. The maximum absolute atomic E-state index is 11.0. The van der Waals surface area contributed by atoms with Crippen LogP contribution in [0, 0.1) is 0 Å². The number of nitrogens with one attached hydrogen (secondary N) is 3. The van der Waals surface area contributed by atoms with E-state index in [1.54, 1.807) is 6.92 Å². The van der Waals surface area contributed by atoms with Crippen molar-refractivity contribution >= 4 is 52.0 Å². The van der Waals surface area contributed by atoms with Gasteiger partial charge in [-0.2, -0.15) is 0 Å². The van der Waals surface area contributed by atoms with E-state index in [9.17, 15) is 4.79 Å². The summed E-state index contributed by atoms with van der Waals surface area (Å²) >= 11 is 9.95. The second-order valence-electron chi connectivity index (χ2n) is 3.30. The van der Waals surface area contributed by atoms with Gasteiger partial charge in [-0.05, 0) is 31.3 Å². The monoisotopic (exact) mass is 283 g/mol. The molecular weight excluding hydrogens is 270 g/mol. The van der Waals surface area contributed by atoms with Crippen LogP contribution in [0.5, 0.6) is 0 Å². The first-order valence-electron chi connectivity index (χ1n) is 5.05. The fourth-order valence-corrected chi connectivity index (χ4v) is 1.49. The van der Waals surface area contributed by atoms with Crippen molar-refractivity contribution < 1.29 is 9.53 Å². The molecule has 1 amide bonds. The minimum atomic E-state index is -0.621. The number of ether oxygens (including phenoxy) is 1. The van der Waals surface area contributed by atoms with Crippen molar-refractivity contribution in [1.29, 1.82) is 0 Å². The summed E-state index contributed by atoms with van der Waals surface area (Å²) < 4.78 is 4.44. The molecule has 0 saturated carbocycles. The van der Waals surface area contributed by atoms with Crippen LogP contribution in [0.15, 0.2) is 24.3 Å². The lowest BCUT2D eigenvalue weighted by Gasteiger charge is -2.13. The maximum Gasteiger partial charge on any atom is 0.413 e. The fourth-order valence-electron chi connectivity index (χ4n) is 1.19. The summed E-state index contributed by atoms with van der Waals surface area (Å²) in [5.74, 6) is 0. The average molecular weight is 283 g/mol. The molecule has 1 aromatic carbocycles. The van der Waals surface area contributed by atoms with E-state index in [1.807, 2.05) is 24.3 Å². The molecule has 3 N–H and O–H groups in total. The Hall–Kier alpha value is -1.73. The maximum atomic E-state index is 11.0. The summed E-state index contributed by atoms with van der Waals surface area (Å²) in [5.41, 5.74) is 1.49. The molecule has 96 valence electrons. The second-order valence-corrected chi connectivity index (χ2v) is 4.32. The predicted octanol–water partition coefficient (Wildman–Crippen LogP) is 2.50. The van der Waals surface area contributed by atoms with E-state index in [1.165, 1.54) is 7.11 Å². The molecule has 0 aromatic heterocycles. The van der Waals surface area contributed by atoms with Crippen molar-refractivity contribution in [3.63, 3.8) is 0 Å². The molecule has 0 aliphatic rings. The first kappa shape index (κ1) is 14.3. The normalized spacial score (nSPS) is 9.22. The SMILES string of the molecule is COC(=O)NC(=S)Nc1ccccc1NC(C)=S. The number of hydrogen-bond acceptors (Lipinski definition) is 4. The second kappa shape index (κ2) is 6.87. The molecule has 7 heteroatoms. The van der Waals surface area contributed by atoms with Crippen LogP contribution < -0.4 is 16.0 Å². The van der Waals surface area contributed by atoms with Gasteiger partial charge in [0.1, 0.15) is 0 Å². The molecule has 5 nitrogen and oxygen atoms in total. The van der Waals surface area contributed by atoms with Gasteiger partial charge in [0, 0.05) is 0 Å². The Kier molecular flexibility index (Phi) is 5.47. The van der Waals surface area contributed by atoms with Crippen molar-refractivity contribution in [2.75, 3.05) is 17.7 Å². The Morgan fingerprint density at radius 1 is 1.17 bits per heavy atom. The van der Waals surface area contributed by atoms with Gasteiger partial charge < -0.3 is 15.4 Å². The zero-order valence-corrected chi connectivity index (χ0v) is 11.6. The zero-order valence-electron chi connectivity index (χ0n) is 9.94. The zero-order chi connectivity index (χ0) is 13.5. The van der Waals surface area contributed by atoms with Gasteiger partial charge in [0.15, 0.2) is 5.11 Å². The summed E-state index contributed by atoms with van der Waals surface area (Å²) in [6, 6.07) is 7.36. The van der Waals surface area contributed by atoms with E-state index >= 15 is 0 Å². The number of para-hydroxylation sites is 2. The minimum absolute atomic E-state index is 0.151. The van der Waals surface area contributed by atoms with Gasteiger partial charge in [0.2, 0.25) is 0 Å². The molecule has 0 radical (unpaired) electrons. The highest BCUT2D eigenvalue weighted by molar-refractivity contribution is 7.80. The smallest absolute Gasteiger partial charge is 0.413 e. The van der Waals surface area contributed by atoms with Gasteiger partial charge in [-0.1, -0.05) is 24.4 Å². The van der Waals surface area contributed by atoms with E-state index in [0.717, 1.165) is 5.69 Å². The molecule has 0 bridgehead atoms. The third kappa shape index (κ3) is 4.64. The molecule has 0 aliphatic carbocycles. The van der Waals surface area contributed by atoms with E-state index in [-0.39, 0.29) is 5.11 Å². The molecule has 1 rings (SSSR count). The van der Waals surface area contributed by atoms with Crippen molar-refractivity contribution in [2.24, 2.45) is 0 Å². The van der Waals surface area contributed by atoms with Crippen molar-refractivity contribution in [1.82, 2.24) is 5.32 Å². The van der Waals surface area contributed by atoms with Gasteiger partial charge in [-0.25, -0.2) is 4.79 Å². The van der Waals surface area contributed by atoms with Crippen LogP contribution in [-0.2, 0) is 4.74 Å². The first-order chi connectivity index (χ1) is 8.52. The minimum Gasteiger partial charge on any atom is -0.453 e. The largest absolute Gasteiger partial charge is 0.453 e. The van der Waals surface area contributed by atoms with Gasteiger partial charge in [-0.15, -0.1) is 0 Å². The van der Waals surface area contributed by atoms with Crippen LogP contribution in [0.3, 0.4) is 0 Å². The number of anilines is 2. The van der Waals surface area contributed by atoms with E-state index in [0.29, 0.717) is 10.7 Å². The first-order valence-corrected chi connectivity index (χ1v) is 5.87. The highest BCUT2D eigenvalue weighted by Crippen LogP contribution is 2.20. The highest BCUT2D eigenvalue weighted by atomic mass is 32.1. The number of hydrogen-bond donors (Lipinski definition) is 3. The molecule has 0 aliphatic heterocycles. The molecule has 0 spiro atoms. The summed E-state index contributed by atoms with van der Waals surface area (Å²) in [5, 5.41) is 8.40. The molecule has 1 aromatic rings. The third-order valence-corrected chi connectivity index (χ3v) is 2.19. The molecule has 0 unspecified atom stereocenters. The molecule has 0 fully saturated rings. The predicted molar refractivity (Wildman–Crippen MR) is 80.1 cm³/mol. The summed E-state index contributed by atoms with van der Waals surface area (Å²) in [6.07, 6.45) is -0.621. The number of rotatable bonds is 2. The standard InChI is InChI=1S/C11H13N3O2S2/c1-7(17)12-8-5-3-4-6-9(8)13-10(18)14-11(15)16-2/h3-6H,1-2H3,(H,12,17)(H2,13,14,15,18). The van der Waals surface area contributed by atoms with Gasteiger partial charge >= 0.3 is 6.09 Å². The average Bonchev–Trinajstić information content (AvgIpc) is 2.30. The number of carbonyl (C=O) groups excluding carboxylic acids is 1. The van der Waals surface area contributed by atoms with Gasteiger partial charge in [-0.3, -0.25) is 5.32 Å². The Morgan fingerprint density at radius 2 is 1.72 bits per heavy atom. The number of carbonyl (C=O) groups is 1. The quantitative estimate of drug-likeness (QED) is 0.725. The summed E-state index contributed by atoms with van der Waals surface area (Å²) in [7, 11) is 1.27. The van der Waals surface area contributed by atoms with Gasteiger partial charge in [0.05, 0.1) is 23.5 Å². The van der Waals surface area contributed by atoms with Crippen LogP contribution in [0.25, 0.3) is 0 Å². The third-order valence-electron chi connectivity index (χ3n) is 1.89. The Morgan fingerprint density at radius 3 is 2.22 bits per heavy atom. The molecule has 0 saturated heterocycles. The Labute approximate surface area is 116 Å². The van der Waals surface area contributed by atoms with Gasteiger partial charge in [0.25, 0.3) is 0 Å². The van der Waals surface area contributed by atoms with Crippen molar-refractivity contribution in [3.05, 3.63) is 24.3 Å². The Balaban J connectivity index is 2.74. The van der Waals surface area contributed by atoms with Crippen LogP contribution >= 0.6 is 24.4 Å².